The zero-order chi connectivity index (χ0) is 8.24. The molecule has 0 saturated carbocycles. The standard InChI is InChI=1S/C6H6.2C2H6.Ar/c1-2-4-6-5-3-1;2*1-2;/h1-6H;2*1-2H3;. The second kappa shape index (κ2) is 22.4. The Morgan fingerprint density at radius 1 is 0.455 bits per heavy atom. The molecule has 1 rings (SSSR count). The van der Waals surface area contributed by atoms with Gasteiger partial charge in [0.15, 0.2) is 0 Å². The fraction of sp³-hybridized carbons (Fsp3) is 0.400. The molecule has 0 saturated heterocycles. The van der Waals surface area contributed by atoms with E-state index in [1.165, 1.54) is 0 Å². The summed E-state index contributed by atoms with van der Waals surface area (Å²) in [6, 6.07) is 12.0. The van der Waals surface area contributed by atoms with Crippen LogP contribution < -0.4 is 0 Å². The number of benzene rings is 1. The molecule has 0 radical (unpaired) electrons. The van der Waals surface area contributed by atoms with E-state index in [-0.39, 0.29) is 37.7 Å². The molecule has 0 nitrogen and oxygen atoms in total. The van der Waals surface area contributed by atoms with E-state index in [0.29, 0.717) is 0 Å². The van der Waals surface area contributed by atoms with Crippen LogP contribution in [0.5, 0.6) is 0 Å². The van der Waals surface area contributed by atoms with Crippen molar-refractivity contribution < 1.29 is 37.7 Å². The Bertz CT molecular complexity index is 76.8. The third-order valence-corrected chi connectivity index (χ3v) is 0.667. The van der Waals surface area contributed by atoms with Gasteiger partial charge in [-0.1, -0.05) is 64.1 Å². The molecule has 11 heavy (non-hydrogen) atoms. The van der Waals surface area contributed by atoms with Gasteiger partial charge in [0, 0.05) is 37.7 Å². The quantitative estimate of drug-likeness (QED) is 0.567. The van der Waals surface area contributed by atoms with Gasteiger partial charge in [0.1, 0.15) is 0 Å². The molecule has 0 aliphatic carbocycles. The molecule has 0 heterocycles. The molecule has 0 aliphatic rings. The summed E-state index contributed by atoms with van der Waals surface area (Å²) in [7, 11) is 0. The molecule has 0 atom stereocenters. The maximum atomic E-state index is 2.00. The third kappa shape index (κ3) is 17.9. The van der Waals surface area contributed by atoms with Gasteiger partial charge in [-0.25, -0.2) is 0 Å². The van der Waals surface area contributed by atoms with Crippen molar-refractivity contribution >= 4 is 0 Å². The van der Waals surface area contributed by atoms with E-state index in [1.807, 2.05) is 64.1 Å². The summed E-state index contributed by atoms with van der Waals surface area (Å²) in [5, 5.41) is 0. The first kappa shape index (κ1) is 17.5. The maximum absolute atomic E-state index is 2.00. The van der Waals surface area contributed by atoms with Crippen molar-refractivity contribution in [2.45, 2.75) is 27.7 Å². The largest absolute Gasteiger partial charge is 0.0683 e. The van der Waals surface area contributed by atoms with Crippen molar-refractivity contribution in [2.24, 2.45) is 0 Å². The fourth-order valence-corrected chi connectivity index (χ4v) is 0.385. The van der Waals surface area contributed by atoms with E-state index in [0.717, 1.165) is 0 Å². The molecule has 0 fully saturated rings. The topological polar surface area (TPSA) is 0 Å². The molecule has 0 aromatic heterocycles. The van der Waals surface area contributed by atoms with Crippen LogP contribution in [0.2, 0.25) is 0 Å². The summed E-state index contributed by atoms with van der Waals surface area (Å²) < 4.78 is 0. The van der Waals surface area contributed by atoms with E-state index in [9.17, 15) is 0 Å². The van der Waals surface area contributed by atoms with Gasteiger partial charge >= 0.3 is 0 Å². The number of hydrogen-bond donors (Lipinski definition) is 0. The summed E-state index contributed by atoms with van der Waals surface area (Å²) in [5.74, 6) is 0. The van der Waals surface area contributed by atoms with Crippen molar-refractivity contribution in [3.63, 3.8) is 0 Å². The SMILES string of the molecule is CC.CC.[Ar].c1ccccc1. The minimum Gasteiger partial charge on any atom is -0.0683 e. The van der Waals surface area contributed by atoms with Crippen molar-refractivity contribution in [2.75, 3.05) is 0 Å². The zero-order valence-corrected chi connectivity index (χ0v) is 8.52. The monoisotopic (exact) mass is 178 g/mol. The number of hydrogen-bond acceptors (Lipinski definition) is 0. The van der Waals surface area contributed by atoms with Crippen LogP contribution in [0.4, 0.5) is 0 Å². The van der Waals surface area contributed by atoms with Gasteiger partial charge in [-0.05, 0) is 0 Å². The van der Waals surface area contributed by atoms with Crippen LogP contribution >= 0.6 is 0 Å². The molecule has 0 aliphatic heterocycles. The van der Waals surface area contributed by atoms with Gasteiger partial charge in [0.05, 0.1) is 0 Å². The summed E-state index contributed by atoms with van der Waals surface area (Å²) in [6.07, 6.45) is 0. The Labute approximate surface area is 101 Å². The summed E-state index contributed by atoms with van der Waals surface area (Å²) in [4.78, 5) is 0. The Morgan fingerprint density at radius 3 is 0.636 bits per heavy atom. The van der Waals surface area contributed by atoms with Gasteiger partial charge in [-0.2, -0.15) is 0 Å². The number of rotatable bonds is 0. The fourth-order valence-electron chi connectivity index (χ4n) is 0.385. The Balaban J connectivity index is -0.000000114. The molecule has 0 bridgehead atoms. The molecule has 0 unspecified atom stereocenters. The van der Waals surface area contributed by atoms with Crippen LogP contribution in [0.15, 0.2) is 36.4 Å². The smallest absolute Gasteiger partial charge is 0 e. The molecule has 1 aromatic carbocycles. The van der Waals surface area contributed by atoms with E-state index in [4.69, 9.17) is 0 Å². The average Bonchev–Trinajstić information content (AvgIpc) is 2.14. The molecular formula is C10H18Ar. The van der Waals surface area contributed by atoms with Crippen molar-refractivity contribution in [3.8, 4) is 0 Å². The molecule has 66 valence electrons. The first-order chi connectivity index (χ1) is 5.00. The van der Waals surface area contributed by atoms with Crippen LogP contribution in [0.25, 0.3) is 0 Å². The first-order valence-corrected chi connectivity index (χ1v) is 4.00. The summed E-state index contributed by atoms with van der Waals surface area (Å²) in [5.41, 5.74) is 0. The minimum absolute atomic E-state index is 0. The van der Waals surface area contributed by atoms with Crippen LogP contribution in [0.1, 0.15) is 27.7 Å². The van der Waals surface area contributed by atoms with Crippen LogP contribution in [0.3, 0.4) is 0 Å². The van der Waals surface area contributed by atoms with E-state index in [1.54, 1.807) is 0 Å². The van der Waals surface area contributed by atoms with Gasteiger partial charge in [-0.3, -0.25) is 0 Å². The van der Waals surface area contributed by atoms with Crippen LogP contribution in [0, 0.1) is 37.7 Å². The Hall–Kier alpha value is 0.480. The van der Waals surface area contributed by atoms with Crippen molar-refractivity contribution in [3.05, 3.63) is 36.4 Å². The molecule has 0 spiro atoms. The second-order valence-corrected chi connectivity index (χ2v) is 1.15. The first-order valence-electron chi connectivity index (χ1n) is 4.00. The second-order valence-electron chi connectivity index (χ2n) is 1.15. The van der Waals surface area contributed by atoms with Crippen LogP contribution in [-0.4, -0.2) is 0 Å². The van der Waals surface area contributed by atoms with Crippen LogP contribution in [-0.2, 0) is 0 Å². The molecule has 0 N–H and O–H groups in total. The van der Waals surface area contributed by atoms with E-state index >= 15 is 0 Å². The predicted molar refractivity (Wildman–Crippen MR) is 49.1 cm³/mol. The molecular weight excluding hydrogens is 160 g/mol. The molecule has 0 amide bonds. The normalized spacial score (nSPS) is 5.45. The van der Waals surface area contributed by atoms with Gasteiger partial charge in [0.2, 0.25) is 0 Å². The summed E-state index contributed by atoms with van der Waals surface area (Å²) in [6.45, 7) is 8.00. The predicted octanol–water partition coefficient (Wildman–Crippen LogP) is 3.74. The third-order valence-electron chi connectivity index (χ3n) is 0.667. The zero-order valence-electron chi connectivity index (χ0n) is 7.82. The minimum atomic E-state index is 0. The van der Waals surface area contributed by atoms with E-state index < -0.39 is 0 Å². The molecule has 1 aromatic rings. The van der Waals surface area contributed by atoms with Crippen molar-refractivity contribution in [1.29, 1.82) is 0 Å². The maximum Gasteiger partial charge on any atom is 0 e. The Kier molecular flexibility index (Phi) is 35.8. The Morgan fingerprint density at radius 2 is 0.545 bits per heavy atom. The van der Waals surface area contributed by atoms with Gasteiger partial charge in [-0.15, -0.1) is 0 Å². The summed E-state index contributed by atoms with van der Waals surface area (Å²) >= 11 is 0. The molecule has 1 heteroatoms. The van der Waals surface area contributed by atoms with E-state index in [2.05, 4.69) is 0 Å². The van der Waals surface area contributed by atoms with Gasteiger partial charge < -0.3 is 0 Å². The average molecular weight is 178 g/mol. The van der Waals surface area contributed by atoms with Crippen molar-refractivity contribution in [1.82, 2.24) is 0 Å². The van der Waals surface area contributed by atoms with Gasteiger partial charge in [0.25, 0.3) is 0 Å².